The SMILES string of the molecule is CC(C)(c1cc(Cl)c(O)c(Cl)c1)c1cc(Cl)c(O)c(Cl)c1.Cc1cc(C(C)(C)c2cc(C)c(O)c(Cl)c2)cc(Cl)c1O. The van der Waals surface area contributed by atoms with Crippen molar-refractivity contribution in [2.24, 2.45) is 0 Å². The lowest BCUT2D eigenvalue weighted by Crippen LogP contribution is -2.19. The molecule has 0 heterocycles. The number of hydrogen-bond donors (Lipinski definition) is 4. The molecule has 0 aliphatic carbocycles. The zero-order valence-corrected chi connectivity index (χ0v) is 28.2. The van der Waals surface area contributed by atoms with E-state index in [1.165, 1.54) is 0 Å². The minimum absolute atomic E-state index is 0.108. The Morgan fingerprint density at radius 2 is 0.571 bits per heavy atom. The lowest BCUT2D eigenvalue weighted by Gasteiger charge is -2.28. The maximum absolute atomic E-state index is 9.81. The van der Waals surface area contributed by atoms with E-state index in [2.05, 4.69) is 13.8 Å². The van der Waals surface area contributed by atoms with Gasteiger partial charge in [0.25, 0.3) is 0 Å². The molecule has 0 aliphatic rings. The molecular formula is C32H30Cl6O4. The third-order valence-electron chi connectivity index (χ3n) is 7.43. The fraction of sp³-hybridized carbons (Fsp3) is 0.250. The van der Waals surface area contributed by atoms with Crippen LogP contribution in [0.3, 0.4) is 0 Å². The van der Waals surface area contributed by atoms with Gasteiger partial charge in [-0.15, -0.1) is 0 Å². The van der Waals surface area contributed by atoms with Crippen LogP contribution in [0.15, 0.2) is 48.5 Å². The van der Waals surface area contributed by atoms with Gasteiger partial charge in [0.2, 0.25) is 0 Å². The van der Waals surface area contributed by atoms with E-state index in [-0.39, 0.29) is 48.5 Å². The average molecular weight is 691 g/mol. The number of phenolic OH excluding ortho intramolecular Hbond substituents is 4. The van der Waals surface area contributed by atoms with Crippen LogP contribution in [0.1, 0.15) is 61.1 Å². The first-order valence-corrected chi connectivity index (χ1v) is 14.9. The number of benzene rings is 4. The summed E-state index contributed by atoms with van der Waals surface area (Å²) >= 11 is 36.1. The van der Waals surface area contributed by atoms with E-state index < -0.39 is 5.41 Å². The van der Waals surface area contributed by atoms with Crippen molar-refractivity contribution in [2.75, 3.05) is 0 Å². The Labute approximate surface area is 276 Å². The molecule has 0 aromatic heterocycles. The Kier molecular flexibility index (Phi) is 10.5. The summed E-state index contributed by atoms with van der Waals surface area (Å²) in [5.74, 6) is -0.0911. The van der Waals surface area contributed by atoms with Gasteiger partial charge in [0.15, 0.2) is 11.5 Å². The van der Waals surface area contributed by atoms with Gasteiger partial charge in [-0.1, -0.05) is 109 Å². The Bertz CT molecular complexity index is 1330. The lowest BCUT2D eigenvalue weighted by atomic mass is 9.77. The Morgan fingerprint density at radius 3 is 0.786 bits per heavy atom. The molecule has 10 heteroatoms. The number of aromatic hydroxyl groups is 4. The van der Waals surface area contributed by atoms with Crippen molar-refractivity contribution in [3.63, 3.8) is 0 Å². The maximum Gasteiger partial charge on any atom is 0.152 e. The van der Waals surface area contributed by atoms with Crippen LogP contribution in [0.25, 0.3) is 0 Å². The van der Waals surface area contributed by atoms with Gasteiger partial charge in [-0.2, -0.15) is 0 Å². The molecule has 0 radical (unpaired) electrons. The van der Waals surface area contributed by atoms with Crippen molar-refractivity contribution in [2.45, 2.75) is 52.4 Å². The van der Waals surface area contributed by atoms with Crippen molar-refractivity contribution >= 4 is 69.6 Å². The molecular weight excluding hydrogens is 661 g/mol. The van der Waals surface area contributed by atoms with Gasteiger partial charge in [0.05, 0.1) is 30.1 Å². The Balaban J connectivity index is 0.000000230. The van der Waals surface area contributed by atoms with Gasteiger partial charge in [-0.25, -0.2) is 0 Å². The number of hydrogen-bond acceptors (Lipinski definition) is 4. The van der Waals surface area contributed by atoms with E-state index in [0.717, 1.165) is 33.4 Å². The van der Waals surface area contributed by atoms with E-state index in [4.69, 9.17) is 69.6 Å². The maximum atomic E-state index is 9.81. The minimum atomic E-state index is -0.526. The quantitative estimate of drug-likeness (QED) is 0.172. The standard InChI is InChI=1S/C17H18Cl2O2.C15H12Cl4O2/c1-9-5-11(7-13(18)15(9)20)17(3,4)12-6-10(2)16(21)14(19)8-12;1-15(2,7-3-9(16)13(20)10(17)4-7)8-5-11(18)14(21)12(19)6-8/h5-8,20-21H,1-4H3;3-6,20-21H,1-2H3. The molecule has 4 aromatic rings. The van der Waals surface area contributed by atoms with Crippen LogP contribution in [-0.2, 0) is 10.8 Å². The molecule has 0 bridgehead atoms. The second-order valence-corrected chi connectivity index (χ2v) is 13.5. The number of halogens is 6. The number of rotatable bonds is 4. The number of phenols is 4. The average Bonchev–Trinajstić information content (AvgIpc) is 2.91. The summed E-state index contributed by atoms with van der Waals surface area (Å²) in [5.41, 5.74) is 4.10. The zero-order chi connectivity index (χ0) is 31.9. The predicted molar refractivity (Wildman–Crippen MR) is 176 cm³/mol. The Hall–Kier alpha value is -2.18. The zero-order valence-electron chi connectivity index (χ0n) is 23.7. The highest BCUT2D eigenvalue weighted by Crippen LogP contribution is 2.43. The van der Waals surface area contributed by atoms with E-state index in [1.807, 2.05) is 39.8 Å². The highest BCUT2D eigenvalue weighted by Gasteiger charge is 2.28. The lowest BCUT2D eigenvalue weighted by molar-refractivity contribution is 0.469. The molecule has 4 nitrogen and oxygen atoms in total. The summed E-state index contributed by atoms with van der Waals surface area (Å²) in [4.78, 5) is 0. The second-order valence-electron chi connectivity index (χ2n) is 11.1. The van der Waals surface area contributed by atoms with Crippen LogP contribution in [0.5, 0.6) is 23.0 Å². The molecule has 0 spiro atoms. The van der Waals surface area contributed by atoms with Gasteiger partial charge in [0.1, 0.15) is 11.5 Å². The number of aryl methyl sites for hydroxylation is 2. The van der Waals surface area contributed by atoms with Crippen LogP contribution >= 0.6 is 69.6 Å². The smallest absolute Gasteiger partial charge is 0.152 e. The summed E-state index contributed by atoms with van der Waals surface area (Å²) in [6.45, 7) is 11.6. The van der Waals surface area contributed by atoms with Crippen LogP contribution in [0, 0.1) is 13.8 Å². The van der Waals surface area contributed by atoms with E-state index in [0.29, 0.717) is 10.0 Å². The fourth-order valence-electron chi connectivity index (χ4n) is 4.38. The highest BCUT2D eigenvalue weighted by molar-refractivity contribution is 6.38. The third-order valence-corrected chi connectivity index (χ3v) is 9.16. The molecule has 0 saturated heterocycles. The second kappa shape index (κ2) is 12.8. The van der Waals surface area contributed by atoms with Crippen LogP contribution in [0.4, 0.5) is 0 Å². The molecule has 0 saturated carbocycles. The van der Waals surface area contributed by atoms with Crippen molar-refractivity contribution < 1.29 is 20.4 Å². The molecule has 4 rings (SSSR count). The summed E-state index contributed by atoms with van der Waals surface area (Å²) < 4.78 is 0. The van der Waals surface area contributed by atoms with Gasteiger partial charge >= 0.3 is 0 Å². The molecule has 224 valence electrons. The van der Waals surface area contributed by atoms with Gasteiger partial charge in [-0.3, -0.25) is 0 Å². The van der Waals surface area contributed by atoms with Gasteiger partial charge in [0, 0.05) is 10.8 Å². The first-order valence-electron chi connectivity index (χ1n) is 12.6. The van der Waals surface area contributed by atoms with Gasteiger partial charge in [-0.05, 0) is 83.6 Å². The predicted octanol–water partition coefficient (Wildman–Crippen LogP) is 11.4. The van der Waals surface area contributed by atoms with Crippen molar-refractivity contribution in [1.82, 2.24) is 0 Å². The summed E-state index contributed by atoms with van der Waals surface area (Å²) in [5, 5.41) is 40.3. The molecule has 0 fully saturated rings. The molecule has 42 heavy (non-hydrogen) atoms. The summed E-state index contributed by atoms with van der Waals surface area (Å²) in [7, 11) is 0. The first-order chi connectivity index (χ1) is 19.3. The summed E-state index contributed by atoms with van der Waals surface area (Å²) in [6.07, 6.45) is 0. The topological polar surface area (TPSA) is 80.9 Å². The van der Waals surface area contributed by atoms with Crippen LogP contribution in [-0.4, -0.2) is 20.4 Å². The van der Waals surface area contributed by atoms with Gasteiger partial charge < -0.3 is 20.4 Å². The molecule has 4 aromatic carbocycles. The van der Waals surface area contributed by atoms with E-state index in [9.17, 15) is 20.4 Å². The van der Waals surface area contributed by atoms with Crippen molar-refractivity contribution in [3.05, 3.63) is 112 Å². The first kappa shape index (κ1) is 34.3. The third kappa shape index (κ3) is 6.96. The fourth-order valence-corrected chi connectivity index (χ4v) is 5.89. The largest absolute Gasteiger partial charge is 0.506 e. The normalized spacial score (nSPS) is 11.7. The molecule has 0 atom stereocenters. The van der Waals surface area contributed by atoms with E-state index in [1.54, 1.807) is 36.4 Å². The van der Waals surface area contributed by atoms with Crippen molar-refractivity contribution in [3.8, 4) is 23.0 Å². The highest BCUT2D eigenvalue weighted by atomic mass is 35.5. The molecule has 0 aliphatic heterocycles. The molecule has 4 N–H and O–H groups in total. The minimum Gasteiger partial charge on any atom is -0.506 e. The molecule has 0 unspecified atom stereocenters. The van der Waals surface area contributed by atoms with Crippen LogP contribution in [0.2, 0.25) is 30.1 Å². The Morgan fingerprint density at radius 1 is 0.381 bits per heavy atom. The van der Waals surface area contributed by atoms with E-state index >= 15 is 0 Å². The monoisotopic (exact) mass is 688 g/mol. The molecule has 0 amide bonds. The van der Waals surface area contributed by atoms with Crippen LogP contribution < -0.4 is 0 Å². The summed E-state index contributed by atoms with van der Waals surface area (Å²) in [6, 6.07) is 13.9. The van der Waals surface area contributed by atoms with Crippen molar-refractivity contribution in [1.29, 1.82) is 0 Å².